The number of aliphatic hydroxyl groups excluding tert-OH is 2. The van der Waals surface area contributed by atoms with Crippen molar-refractivity contribution < 1.29 is 199 Å². The predicted octanol–water partition coefficient (Wildman–Crippen LogP) is 22.1. The Morgan fingerprint density at radius 3 is 1.09 bits per heavy atom. The molecule has 38 heteroatoms. The Hall–Kier alpha value is -11.9. The molecule has 0 spiro atoms. The van der Waals surface area contributed by atoms with E-state index < -0.39 is 87.4 Å². The summed E-state index contributed by atoms with van der Waals surface area (Å²) < 4.78 is 210. The van der Waals surface area contributed by atoms with Crippen molar-refractivity contribution in [3.05, 3.63) is 434 Å². The van der Waals surface area contributed by atoms with E-state index in [-0.39, 0.29) is 98.0 Å². The molecule has 14 nitrogen and oxygen atoms in total. The molecule has 15 rings (SSSR count). The van der Waals surface area contributed by atoms with Crippen LogP contribution >= 0.6 is 15.8 Å². The third kappa shape index (κ3) is 40.1. The first-order valence-corrected chi connectivity index (χ1v) is 44.2. The predicted molar refractivity (Wildman–Crippen MR) is 493 cm³/mol. The zero-order valence-corrected chi connectivity index (χ0v) is 86.3. The zero-order valence-electron chi connectivity index (χ0n) is 74.6. The number of carbonyl (C=O) groups excluding carboxylic acids is 2. The van der Waals surface area contributed by atoms with Crippen molar-refractivity contribution in [2.45, 2.75) is 95.0 Å². The quantitative estimate of drug-likeness (QED) is 0.0366. The molecule has 0 aliphatic carbocycles. The number of alkyl halides is 17. The Labute approximate surface area is 862 Å². The number of aliphatic hydroxyl groups is 2. The van der Waals surface area contributed by atoms with Crippen molar-refractivity contribution >= 4 is 55.0 Å². The summed E-state index contributed by atoms with van der Waals surface area (Å²) in [6.45, 7) is 7.46. The molecule has 753 valence electrons. The van der Waals surface area contributed by atoms with Crippen molar-refractivity contribution in [3.8, 4) is 56.2 Å². The molecular weight excluding hydrogens is 2630 g/mol. The summed E-state index contributed by atoms with van der Waals surface area (Å²) in [6.07, 6.45) is -7.61. The third-order valence-corrected chi connectivity index (χ3v) is 23.6. The summed E-state index contributed by atoms with van der Waals surface area (Å²) in [5.74, 6) is -29.8. The molecule has 9 aromatic carbocycles. The Balaban J connectivity index is 0.000000421. The number of hydrogen-bond acceptors (Lipinski definition) is 13. The molecule has 0 amide bonds. The van der Waals surface area contributed by atoms with Gasteiger partial charge in [-0.2, -0.15) is 111 Å². The van der Waals surface area contributed by atoms with Gasteiger partial charge in [0, 0.05) is 129 Å². The van der Waals surface area contributed by atoms with Gasteiger partial charge >= 0.3 is 48.2 Å². The largest absolute Gasteiger partial charge is 0.544 e. The first-order valence-electron chi connectivity index (χ1n) is 41.0. The van der Waals surface area contributed by atoms with Crippen molar-refractivity contribution in [1.82, 2.24) is 29.9 Å². The molecule has 142 heavy (non-hydrogen) atoms. The topological polar surface area (TPSA) is 235 Å². The summed E-state index contributed by atoms with van der Waals surface area (Å²) in [5.41, 5.74) is 13.2. The van der Waals surface area contributed by atoms with Crippen molar-refractivity contribution in [3.63, 3.8) is 0 Å². The van der Waals surface area contributed by atoms with E-state index in [0.29, 0.717) is 17.7 Å². The molecule has 0 bridgehead atoms. The number of carboxylic acids is 3. The van der Waals surface area contributed by atoms with Crippen LogP contribution in [0, 0.1) is 37.9 Å². The molecule has 6 heterocycles. The Kier molecular flexibility index (Phi) is 53.0. The average molecular weight is 2720 g/mol. The number of aromatic nitrogens is 6. The summed E-state index contributed by atoms with van der Waals surface area (Å²) >= 11 is 0. The molecule has 0 saturated heterocycles. The maximum atomic E-state index is 12.6. The minimum atomic E-state index is -6.64. The molecule has 3 radical (unpaired) electrons. The monoisotopic (exact) mass is 2720 g/mol. The third-order valence-electron chi connectivity index (χ3n) is 18.4. The normalized spacial score (nSPS) is 11.4. The van der Waals surface area contributed by atoms with Crippen LogP contribution in [0.4, 0.5) is 79.0 Å². The van der Waals surface area contributed by atoms with Gasteiger partial charge in [-0.3, -0.25) is 19.3 Å². The maximum Gasteiger partial charge on any atom is 0.460 e. The molecule has 15 aromatic rings. The van der Waals surface area contributed by atoms with Gasteiger partial charge < -0.3 is 45.1 Å². The van der Waals surface area contributed by atoms with Crippen LogP contribution in [-0.4, -0.2) is 111 Å². The van der Waals surface area contributed by atoms with Gasteiger partial charge in [-0.25, -0.2) is 9.78 Å². The molecule has 2 unspecified atom stereocenters. The second-order valence-electron chi connectivity index (χ2n) is 29.2. The Morgan fingerprint density at radius 1 is 0.401 bits per heavy atom. The van der Waals surface area contributed by atoms with E-state index in [9.17, 15) is 104 Å². The van der Waals surface area contributed by atoms with Crippen molar-refractivity contribution in [1.29, 1.82) is 0 Å². The van der Waals surface area contributed by atoms with Gasteiger partial charge in [0.1, 0.15) is 50.5 Å². The number of nitrogens with zero attached hydrogens (tertiary/aromatic N) is 6. The second-order valence-corrected chi connectivity index (χ2v) is 33.9. The molecular formula is C104H85F18Ir3N6O8OsP2-3. The number of carboxylic acid groups (broad SMARTS) is 3. The van der Waals surface area contributed by atoms with Crippen LogP contribution in [0.5, 0.6) is 0 Å². The molecule has 0 fully saturated rings. The smallest absolute Gasteiger partial charge is 0.460 e. The fraction of sp³-hybridized carbons (Fsp3) is 0.144. The van der Waals surface area contributed by atoms with E-state index in [1.807, 2.05) is 122 Å². The number of hydrogen-bond donors (Lipinski definition) is 3. The number of aromatic carboxylic acids is 1. The van der Waals surface area contributed by atoms with Crippen LogP contribution in [-0.2, 0) is 102 Å². The molecule has 0 saturated carbocycles. The minimum Gasteiger partial charge on any atom is -0.544 e. The number of carbonyl (C=O) groups is 3. The average Bonchev–Trinajstić information content (AvgIpc) is 0.769. The summed E-state index contributed by atoms with van der Waals surface area (Å²) in [6, 6.07) is 116. The summed E-state index contributed by atoms with van der Waals surface area (Å²) in [4.78, 5) is 53.5. The molecule has 0 aliphatic heterocycles. The number of aryl methyl sites for hydroxylation is 2. The van der Waals surface area contributed by atoms with Crippen LogP contribution in [0.1, 0.15) is 58.7 Å². The zero-order chi connectivity index (χ0) is 101. The Bertz CT molecular complexity index is 5850. The van der Waals surface area contributed by atoms with E-state index >= 15 is 0 Å². The van der Waals surface area contributed by atoms with Crippen molar-refractivity contribution in [2.75, 3.05) is 0 Å². The fourth-order valence-electron chi connectivity index (χ4n) is 11.8. The first kappa shape index (κ1) is 124. The minimum absolute atomic E-state index is 0. The van der Waals surface area contributed by atoms with E-state index in [1.165, 1.54) is 73.9 Å². The summed E-state index contributed by atoms with van der Waals surface area (Å²) in [5, 5.41) is 49.7. The van der Waals surface area contributed by atoms with E-state index in [4.69, 9.17) is 15.3 Å². The van der Waals surface area contributed by atoms with Gasteiger partial charge in [0.15, 0.2) is 0 Å². The maximum absolute atomic E-state index is 12.6. The van der Waals surface area contributed by atoms with Crippen LogP contribution in [0.25, 0.3) is 56.2 Å². The number of rotatable bonds is 20. The first-order chi connectivity index (χ1) is 65.3. The van der Waals surface area contributed by atoms with Crippen LogP contribution in [0.2, 0.25) is 0 Å². The number of pyridine rings is 6. The molecule has 6 aromatic heterocycles. The Morgan fingerprint density at radius 2 is 0.789 bits per heavy atom. The van der Waals surface area contributed by atoms with Gasteiger partial charge in [-0.05, 0) is 163 Å². The van der Waals surface area contributed by atoms with Gasteiger partial charge in [0.25, 0.3) is 0 Å². The van der Waals surface area contributed by atoms with Crippen LogP contribution < -0.4 is 31.4 Å². The van der Waals surface area contributed by atoms with Gasteiger partial charge in [0.05, 0.1) is 45.0 Å². The van der Waals surface area contributed by atoms with Gasteiger partial charge in [-0.1, -0.05) is 184 Å². The molecule has 3 N–H and O–H groups in total. The van der Waals surface area contributed by atoms with Gasteiger partial charge in [0.2, 0.25) is 0 Å². The second kappa shape index (κ2) is 60.5. The number of halogens is 18. The fourth-order valence-corrected chi connectivity index (χ4v) is 16.8. The van der Waals surface area contributed by atoms with E-state index in [2.05, 4.69) is 250 Å². The van der Waals surface area contributed by atoms with Crippen LogP contribution in [0.3, 0.4) is 0 Å². The summed E-state index contributed by atoms with van der Waals surface area (Å²) in [7, 11) is -1.93. The standard InChI is InChI=1S/C26H22P2.C22H16N2.C13H12N.C12H6F4N.C12H10N.C6H5NO2.C5H12O2.2C4HF7O2.3Ir.Os/c1-5-13-23(14-6-1)27(24-15-7-2-8-16-24)21-22-28(25-17-9-3-10-18-25)26-19-11-4-12-20-26;1-3-7-17(8-4-1)19-11-13-23-21(15-19)22-16-20(12-14-24-22)18-9-5-2-6-10-18;1-10-7-11(2)9-12(8-10)13-5-3-4-6-14-13;13-10-4-1-8(2-5-10)11-6-3-9(7-17-11)12(14,15)16;1-2-6-11(7-3-1)10-12-8-4-5-9-13-12;8-6(9)5-3-1-2-4-7-5;1-4(6)3-5(2)7;2*5-2(6,1(12)13)3(7,8)4(9,10)11;;;;/h1-22H;1-16H;3-8H,1-2H3;1,3-7H;1-6,8-9H,10H2;1-4H,(H,8,9);4-7H,3H2,1-2H3;2*(H,12,13);;;;/q;;3*-1;;;;;;;;. The van der Waals surface area contributed by atoms with Crippen LogP contribution in [0.15, 0.2) is 376 Å². The number of benzene rings is 9. The SMILES string of the molecule is C(=C[PH+](c1ccccc1)c1ccccc1)[PH+](c1ccccc1)c1ccccc1.CC(O)CC(C)O.Cc1[c-]c(-c2ccccn2)cc(C)c1.Fc1c[c-]c(-c2ccc(C(F)(F)F)cn2)cc1.O=C(O)c1ccccn1.O=C([O-])C(F)(F)C(F)(F)C(F)(F)F.O=C([O-])C(F)(F)C(F)(F)C(F)(F)F.[Ir].[Ir].[Ir].[Os].[c-]1ccccc1Cc1ccccn1.c1ccc(-c2ccnc(-c3cc(-c4ccccc4)ccn3)c2)cc1. The van der Waals surface area contributed by atoms with Gasteiger partial charge in [-0.15, -0.1) is 64.7 Å². The number of aliphatic carboxylic acids is 2. The van der Waals surface area contributed by atoms with E-state index in [0.717, 1.165) is 69.8 Å². The molecule has 2 atom stereocenters. The molecule has 0 aliphatic rings. The van der Waals surface area contributed by atoms with E-state index in [1.54, 1.807) is 32.2 Å². The van der Waals surface area contributed by atoms with Crippen molar-refractivity contribution in [2.24, 2.45) is 0 Å².